The molecule has 0 aliphatic heterocycles. The van der Waals surface area contributed by atoms with Gasteiger partial charge in [-0.3, -0.25) is 4.79 Å². The molecule has 0 fully saturated rings. The highest BCUT2D eigenvalue weighted by Gasteiger charge is 2.35. The van der Waals surface area contributed by atoms with Crippen LogP contribution in [0.1, 0.15) is 28.8 Å². The van der Waals surface area contributed by atoms with Crippen molar-refractivity contribution in [2.24, 2.45) is 0 Å². The maximum Gasteiger partial charge on any atom is 0.417 e. The highest BCUT2D eigenvalue weighted by molar-refractivity contribution is 9.10. The molecular formula is C21H19BrF3N5O4. The molecular weight excluding hydrogens is 523 g/mol. The van der Waals surface area contributed by atoms with Crippen LogP contribution in [0.5, 0.6) is 5.75 Å². The number of alkyl halides is 3. The Hall–Kier alpha value is -3.48. The molecule has 13 heteroatoms. The molecule has 180 valence electrons. The van der Waals surface area contributed by atoms with Gasteiger partial charge in [-0.2, -0.15) is 13.2 Å². The average Bonchev–Trinajstić information content (AvgIpc) is 3.27. The Morgan fingerprint density at radius 2 is 2.06 bits per heavy atom. The van der Waals surface area contributed by atoms with Crippen molar-refractivity contribution in [3.8, 4) is 17.3 Å². The lowest BCUT2D eigenvalue weighted by atomic mass is 10.1. The third-order valence-electron chi connectivity index (χ3n) is 4.63. The third kappa shape index (κ3) is 6.10. The molecule has 9 nitrogen and oxygen atoms in total. The van der Waals surface area contributed by atoms with Crippen LogP contribution in [-0.2, 0) is 22.3 Å². The first kappa shape index (κ1) is 25.1. The summed E-state index contributed by atoms with van der Waals surface area (Å²) in [6.07, 6.45) is -1.53. The van der Waals surface area contributed by atoms with Gasteiger partial charge in [-0.05, 0) is 37.1 Å². The van der Waals surface area contributed by atoms with E-state index in [1.807, 2.05) is 0 Å². The summed E-state index contributed by atoms with van der Waals surface area (Å²) in [5.74, 6) is -0.163. The molecule has 1 aromatic carbocycles. The van der Waals surface area contributed by atoms with Gasteiger partial charge in [0.05, 0.1) is 19.3 Å². The van der Waals surface area contributed by atoms with Gasteiger partial charge in [-0.25, -0.2) is 9.78 Å². The van der Waals surface area contributed by atoms with Crippen LogP contribution in [0, 0.1) is 0 Å². The number of aryl methyl sites for hydroxylation is 1. The minimum Gasteiger partial charge on any atom is -0.493 e. The number of esters is 1. The van der Waals surface area contributed by atoms with Crippen LogP contribution in [0.25, 0.3) is 11.5 Å². The first-order valence-electron chi connectivity index (χ1n) is 9.92. The lowest BCUT2D eigenvalue weighted by molar-refractivity contribution is -0.138. The molecule has 0 bridgehead atoms. The zero-order valence-corrected chi connectivity index (χ0v) is 19.4. The van der Waals surface area contributed by atoms with Crippen LogP contribution in [0.2, 0.25) is 0 Å². The molecule has 3 aromatic rings. The fraction of sp³-hybridized carbons (Fsp3) is 0.286. The molecule has 0 atom stereocenters. The van der Waals surface area contributed by atoms with Crippen LogP contribution in [0.4, 0.5) is 19.0 Å². The predicted octanol–water partition coefficient (Wildman–Crippen LogP) is 4.34. The molecule has 0 saturated carbocycles. The van der Waals surface area contributed by atoms with Gasteiger partial charge in [0.1, 0.15) is 29.2 Å². The van der Waals surface area contributed by atoms with Crippen LogP contribution in [-0.4, -0.2) is 45.8 Å². The summed E-state index contributed by atoms with van der Waals surface area (Å²) >= 11 is 2.84. The number of nitrogens with one attached hydrogen (secondary N) is 1. The Morgan fingerprint density at radius 3 is 2.76 bits per heavy atom. The number of hydrogen-bond acceptors (Lipinski definition) is 7. The number of rotatable bonds is 10. The van der Waals surface area contributed by atoms with E-state index in [0.29, 0.717) is 43.1 Å². The minimum atomic E-state index is -4.62. The Morgan fingerprint density at radius 1 is 1.26 bits per heavy atom. The quantitative estimate of drug-likeness (QED) is 0.231. The predicted molar refractivity (Wildman–Crippen MR) is 118 cm³/mol. The van der Waals surface area contributed by atoms with E-state index in [0.717, 1.165) is 19.2 Å². The van der Waals surface area contributed by atoms with E-state index in [9.17, 15) is 22.8 Å². The SMILES string of the molecule is COC(=O)c1cc(Br)c(C(F)(F)F)cc1OCCCCn1cnnc1-c1cccc(NC=O)n1. The molecule has 0 aliphatic carbocycles. The zero-order valence-electron chi connectivity index (χ0n) is 17.8. The lowest BCUT2D eigenvalue weighted by Crippen LogP contribution is -2.12. The van der Waals surface area contributed by atoms with E-state index >= 15 is 0 Å². The molecule has 2 heterocycles. The van der Waals surface area contributed by atoms with Gasteiger partial charge in [0.15, 0.2) is 5.82 Å². The zero-order chi connectivity index (χ0) is 24.7. The number of methoxy groups -OCH3 is 1. The fourth-order valence-corrected chi connectivity index (χ4v) is 3.61. The molecule has 0 saturated heterocycles. The Bertz CT molecular complexity index is 1170. The maximum atomic E-state index is 13.2. The van der Waals surface area contributed by atoms with Crippen molar-refractivity contribution < 1.29 is 32.2 Å². The molecule has 0 aliphatic rings. The van der Waals surface area contributed by atoms with E-state index in [1.54, 1.807) is 22.8 Å². The molecule has 34 heavy (non-hydrogen) atoms. The topological polar surface area (TPSA) is 108 Å². The fourth-order valence-electron chi connectivity index (χ4n) is 3.04. The number of carbonyl (C=O) groups is 2. The molecule has 0 spiro atoms. The number of aromatic nitrogens is 4. The van der Waals surface area contributed by atoms with Crippen LogP contribution < -0.4 is 10.1 Å². The minimum absolute atomic E-state index is 0.0668. The first-order valence-corrected chi connectivity index (χ1v) is 10.7. The number of pyridine rings is 1. The molecule has 1 N–H and O–H groups in total. The van der Waals surface area contributed by atoms with Crippen LogP contribution in [0.3, 0.4) is 0 Å². The van der Waals surface area contributed by atoms with Gasteiger partial charge in [0.25, 0.3) is 0 Å². The summed E-state index contributed by atoms with van der Waals surface area (Å²) in [5.41, 5.74) is -0.556. The second kappa shape index (κ2) is 11.1. The standard InChI is InChI=1S/C21H19BrF3N5O4/c1-33-20(32)13-9-15(22)14(21(23,24)25)10-17(13)34-8-3-2-7-30-11-27-29-19(30)16-5-4-6-18(28-16)26-12-31/h4-6,9-12H,2-3,7-8H2,1H3,(H,26,28,31). The molecule has 1 amide bonds. The first-order chi connectivity index (χ1) is 16.2. The number of hydrogen-bond donors (Lipinski definition) is 1. The molecule has 0 unspecified atom stereocenters. The summed E-state index contributed by atoms with van der Waals surface area (Å²) in [6, 6.07) is 6.88. The van der Waals surface area contributed by atoms with Crippen molar-refractivity contribution in [1.82, 2.24) is 19.7 Å². The third-order valence-corrected chi connectivity index (χ3v) is 5.29. The van der Waals surface area contributed by atoms with Crippen LogP contribution in [0.15, 0.2) is 41.1 Å². The van der Waals surface area contributed by atoms with E-state index < -0.39 is 17.7 Å². The highest BCUT2D eigenvalue weighted by Crippen LogP contribution is 2.39. The van der Waals surface area contributed by atoms with Crippen molar-refractivity contribution in [1.29, 1.82) is 0 Å². The second-order valence-corrected chi connectivity index (χ2v) is 7.75. The van der Waals surface area contributed by atoms with Gasteiger partial charge in [-0.1, -0.05) is 22.0 Å². The van der Waals surface area contributed by atoms with Crippen molar-refractivity contribution in [3.63, 3.8) is 0 Å². The van der Waals surface area contributed by atoms with Gasteiger partial charge >= 0.3 is 12.1 Å². The summed E-state index contributed by atoms with van der Waals surface area (Å²) in [7, 11) is 1.13. The summed E-state index contributed by atoms with van der Waals surface area (Å²) in [6.45, 7) is 0.550. The van der Waals surface area contributed by atoms with Crippen LogP contribution >= 0.6 is 15.9 Å². The van der Waals surface area contributed by atoms with E-state index in [1.165, 1.54) is 6.33 Å². The van der Waals surface area contributed by atoms with Gasteiger partial charge < -0.3 is 19.4 Å². The largest absolute Gasteiger partial charge is 0.493 e. The van der Waals surface area contributed by atoms with Crippen molar-refractivity contribution in [2.75, 3.05) is 19.0 Å². The van der Waals surface area contributed by atoms with E-state index in [-0.39, 0.29) is 22.4 Å². The van der Waals surface area contributed by atoms with E-state index in [2.05, 4.69) is 41.2 Å². The number of anilines is 1. The smallest absolute Gasteiger partial charge is 0.417 e. The molecule has 0 radical (unpaired) electrons. The summed E-state index contributed by atoms with van der Waals surface area (Å²) < 4.78 is 51.4. The second-order valence-electron chi connectivity index (χ2n) is 6.89. The van der Waals surface area contributed by atoms with Gasteiger partial charge in [0.2, 0.25) is 6.41 Å². The summed E-state index contributed by atoms with van der Waals surface area (Å²) in [4.78, 5) is 26.9. The highest BCUT2D eigenvalue weighted by atomic mass is 79.9. The Labute approximate surface area is 200 Å². The number of amides is 1. The van der Waals surface area contributed by atoms with Gasteiger partial charge in [-0.15, -0.1) is 10.2 Å². The van der Waals surface area contributed by atoms with E-state index in [4.69, 9.17) is 4.74 Å². The molecule has 2 aromatic heterocycles. The molecule has 3 rings (SSSR count). The van der Waals surface area contributed by atoms with Crippen molar-refractivity contribution >= 4 is 34.1 Å². The number of benzene rings is 1. The Balaban J connectivity index is 1.64. The Kier molecular flexibility index (Phi) is 8.21. The number of unbranched alkanes of at least 4 members (excludes halogenated alkanes) is 1. The summed E-state index contributed by atoms with van der Waals surface area (Å²) in [5, 5.41) is 10.4. The van der Waals surface area contributed by atoms with Gasteiger partial charge in [0, 0.05) is 11.0 Å². The maximum absolute atomic E-state index is 13.2. The van der Waals surface area contributed by atoms with Crippen molar-refractivity contribution in [2.45, 2.75) is 25.6 Å². The van der Waals surface area contributed by atoms with Crippen molar-refractivity contribution in [3.05, 3.63) is 52.3 Å². The monoisotopic (exact) mass is 541 g/mol. The number of ether oxygens (including phenoxy) is 2. The normalized spacial score (nSPS) is 11.2. The average molecular weight is 542 g/mol. The number of halogens is 4. The number of carbonyl (C=O) groups excluding carboxylic acids is 2. The lowest BCUT2D eigenvalue weighted by Gasteiger charge is -2.15. The number of nitrogens with zero attached hydrogens (tertiary/aromatic N) is 4.